The summed E-state index contributed by atoms with van der Waals surface area (Å²) in [4.78, 5) is 9.30. The lowest BCUT2D eigenvalue weighted by Gasteiger charge is -2.17. The minimum absolute atomic E-state index is 0.0954. The first-order chi connectivity index (χ1) is 8.38. The Labute approximate surface area is 101 Å². The average Bonchev–Trinajstić information content (AvgIpc) is 2.86. The summed E-state index contributed by atoms with van der Waals surface area (Å²) in [7, 11) is 1.93. The number of aromatic nitrogens is 2. The van der Waals surface area contributed by atoms with Crippen LogP contribution in [-0.4, -0.2) is 17.0 Å². The monoisotopic (exact) mass is 228 g/mol. The van der Waals surface area contributed by atoms with Gasteiger partial charge >= 0.3 is 0 Å². The summed E-state index contributed by atoms with van der Waals surface area (Å²) >= 11 is 0. The van der Waals surface area contributed by atoms with Crippen molar-refractivity contribution in [2.45, 2.75) is 25.3 Å². The molecule has 0 saturated heterocycles. The fourth-order valence-corrected chi connectivity index (χ4v) is 2.40. The number of hydrogen-bond donors (Lipinski definition) is 2. The summed E-state index contributed by atoms with van der Waals surface area (Å²) in [5.74, 6) is 1.85. The Balaban J connectivity index is 2.00. The lowest BCUT2D eigenvalue weighted by atomic mass is 10.2. The molecule has 3 rings (SSSR count). The predicted molar refractivity (Wildman–Crippen MR) is 67.8 cm³/mol. The van der Waals surface area contributed by atoms with Gasteiger partial charge in [0.1, 0.15) is 11.9 Å². The third-order valence-corrected chi connectivity index (χ3v) is 3.25. The topological polar surface area (TPSA) is 49.8 Å². The van der Waals surface area contributed by atoms with Crippen LogP contribution in [0.4, 0.5) is 5.82 Å². The molecule has 0 fully saturated rings. The molecule has 0 radical (unpaired) electrons. The quantitative estimate of drug-likeness (QED) is 0.809. The van der Waals surface area contributed by atoms with Crippen molar-refractivity contribution in [1.29, 1.82) is 0 Å². The van der Waals surface area contributed by atoms with Crippen LogP contribution in [0, 0.1) is 0 Å². The molecule has 1 aliphatic heterocycles. The normalized spacial score (nSPS) is 21.1. The van der Waals surface area contributed by atoms with Crippen molar-refractivity contribution in [2.75, 3.05) is 12.4 Å². The van der Waals surface area contributed by atoms with Crippen LogP contribution in [-0.2, 0) is 12.8 Å². The van der Waals surface area contributed by atoms with Gasteiger partial charge in [-0.25, -0.2) is 9.97 Å². The van der Waals surface area contributed by atoms with Crippen LogP contribution in [0.25, 0.3) is 0 Å². The largest absolute Gasteiger partial charge is 0.378 e. The van der Waals surface area contributed by atoms with Gasteiger partial charge in [-0.3, -0.25) is 0 Å². The molecule has 2 N–H and O–H groups in total. The van der Waals surface area contributed by atoms with E-state index in [2.05, 4.69) is 26.7 Å². The highest BCUT2D eigenvalue weighted by Gasteiger charge is 2.21. The Morgan fingerprint density at radius 1 is 1.29 bits per heavy atom. The van der Waals surface area contributed by atoms with E-state index in [0.717, 1.165) is 24.5 Å². The third kappa shape index (κ3) is 1.79. The molecular weight excluding hydrogens is 212 g/mol. The average molecular weight is 228 g/mol. The molecule has 1 aromatic heterocycles. The van der Waals surface area contributed by atoms with Crippen LogP contribution in [0.15, 0.2) is 24.4 Å². The minimum atomic E-state index is 0.0954. The number of nitrogens with zero attached hydrogens (tertiary/aromatic N) is 2. The number of dihydropyridines is 1. The van der Waals surface area contributed by atoms with Gasteiger partial charge in [0.25, 0.3) is 0 Å². The highest BCUT2D eigenvalue weighted by molar-refractivity contribution is 5.48. The molecule has 0 saturated carbocycles. The molecule has 0 amide bonds. The van der Waals surface area contributed by atoms with Crippen molar-refractivity contribution in [3.05, 3.63) is 41.5 Å². The van der Waals surface area contributed by atoms with Gasteiger partial charge in [0.05, 0.1) is 0 Å². The number of allylic oxidation sites excluding steroid dienone is 2. The zero-order chi connectivity index (χ0) is 11.7. The fourth-order valence-electron chi connectivity index (χ4n) is 2.40. The number of hydrogen-bond acceptors (Lipinski definition) is 4. The second-order valence-corrected chi connectivity index (χ2v) is 4.35. The van der Waals surface area contributed by atoms with Gasteiger partial charge in [0, 0.05) is 18.3 Å². The molecule has 1 atom stereocenters. The number of anilines is 1. The summed E-state index contributed by atoms with van der Waals surface area (Å²) < 4.78 is 0. The molecule has 4 nitrogen and oxygen atoms in total. The zero-order valence-electron chi connectivity index (χ0n) is 9.90. The Bertz CT molecular complexity index is 490. The molecule has 17 heavy (non-hydrogen) atoms. The molecule has 0 spiro atoms. The lowest BCUT2D eigenvalue weighted by molar-refractivity contribution is 0.685. The van der Waals surface area contributed by atoms with E-state index in [1.807, 2.05) is 25.4 Å². The van der Waals surface area contributed by atoms with Crippen molar-refractivity contribution < 1.29 is 0 Å². The molecule has 4 heteroatoms. The van der Waals surface area contributed by atoms with Crippen molar-refractivity contribution in [1.82, 2.24) is 15.3 Å². The standard InChI is InChI=1S/C13H16N4/c1-14-12-9-5-4-7-10(9)16-13(17-12)11-6-2-3-8-15-11/h2-3,6,8,11,15H,4-5,7H2,1H3,(H,14,16,17). The molecular formula is C13H16N4. The summed E-state index contributed by atoms with van der Waals surface area (Å²) in [5.41, 5.74) is 2.51. The highest BCUT2D eigenvalue weighted by atomic mass is 15.1. The van der Waals surface area contributed by atoms with Crippen molar-refractivity contribution in [2.24, 2.45) is 0 Å². The van der Waals surface area contributed by atoms with Crippen LogP contribution >= 0.6 is 0 Å². The molecule has 88 valence electrons. The molecule has 0 bridgehead atoms. The van der Waals surface area contributed by atoms with Crippen LogP contribution in [0.2, 0.25) is 0 Å². The lowest BCUT2D eigenvalue weighted by Crippen LogP contribution is -2.19. The number of nitrogens with one attached hydrogen (secondary N) is 2. The molecule has 1 aliphatic carbocycles. The molecule has 1 unspecified atom stereocenters. The molecule has 1 aromatic rings. The molecule has 2 aliphatic rings. The maximum absolute atomic E-state index is 4.69. The van der Waals surface area contributed by atoms with Gasteiger partial charge < -0.3 is 10.6 Å². The smallest absolute Gasteiger partial charge is 0.157 e. The summed E-state index contributed by atoms with van der Waals surface area (Å²) in [5, 5.41) is 6.44. The van der Waals surface area contributed by atoms with Gasteiger partial charge in [-0.05, 0) is 31.5 Å². The maximum Gasteiger partial charge on any atom is 0.157 e. The van der Waals surface area contributed by atoms with E-state index in [1.165, 1.54) is 17.7 Å². The predicted octanol–water partition coefficient (Wildman–Crippen LogP) is 1.72. The Kier molecular flexibility index (Phi) is 2.55. The first-order valence-corrected chi connectivity index (χ1v) is 6.05. The highest BCUT2D eigenvalue weighted by Crippen LogP contribution is 2.27. The summed E-state index contributed by atoms with van der Waals surface area (Å²) in [6, 6.07) is 0.0954. The number of rotatable bonds is 2. The van der Waals surface area contributed by atoms with Crippen LogP contribution in [0.5, 0.6) is 0 Å². The first-order valence-electron chi connectivity index (χ1n) is 6.05. The maximum atomic E-state index is 4.69. The summed E-state index contributed by atoms with van der Waals surface area (Å²) in [6.07, 6.45) is 11.4. The second-order valence-electron chi connectivity index (χ2n) is 4.35. The van der Waals surface area contributed by atoms with Gasteiger partial charge in [0.15, 0.2) is 5.82 Å². The molecule has 2 heterocycles. The second kappa shape index (κ2) is 4.20. The Morgan fingerprint density at radius 3 is 3.00 bits per heavy atom. The van der Waals surface area contributed by atoms with E-state index in [1.54, 1.807) is 0 Å². The zero-order valence-corrected chi connectivity index (χ0v) is 9.90. The van der Waals surface area contributed by atoms with Gasteiger partial charge in [-0.2, -0.15) is 0 Å². The van der Waals surface area contributed by atoms with Crippen molar-refractivity contribution in [3.8, 4) is 0 Å². The van der Waals surface area contributed by atoms with Crippen molar-refractivity contribution in [3.63, 3.8) is 0 Å². The Hall–Kier alpha value is -1.84. The van der Waals surface area contributed by atoms with Crippen molar-refractivity contribution >= 4 is 5.82 Å². The van der Waals surface area contributed by atoms with E-state index in [0.29, 0.717) is 0 Å². The number of fused-ring (bicyclic) bond motifs is 1. The third-order valence-electron chi connectivity index (χ3n) is 3.25. The van der Waals surface area contributed by atoms with E-state index in [-0.39, 0.29) is 6.04 Å². The SMILES string of the molecule is CNc1nc(C2C=CC=CN2)nc2c1CCC2. The Morgan fingerprint density at radius 2 is 2.24 bits per heavy atom. The molecule has 0 aromatic carbocycles. The van der Waals surface area contributed by atoms with Gasteiger partial charge in [0.2, 0.25) is 0 Å². The van der Waals surface area contributed by atoms with Crippen LogP contribution < -0.4 is 10.6 Å². The fraction of sp³-hybridized carbons (Fsp3) is 0.385. The van der Waals surface area contributed by atoms with Gasteiger partial charge in [-0.1, -0.05) is 12.2 Å². The summed E-state index contributed by atoms with van der Waals surface area (Å²) in [6.45, 7) is 0. The van der Waals surface area contributed by atoms with E-state index in [4.69, 9.17) is 0 Å². The number of aryl methyl sites for hydroxylation is 1. The van der Waals surface area contributed by atoms with E-state index < -0.39 is 0 Å². The van der Waals surface area contributed by atoms with E-state index in [9.17, 15) is 0 Å². The minimum Gasteiger partial charge on any atom is -0.378 e. The van der Waals surface area contributed by atoms with E-state index >= 15 is 0 Å². The van der Waals surface area contributed by atoms with Gasteiger partial charge in [-0.15, -0.1) is 0 Å². The van der Waals surface area contributed by atoms with Crippen LogP contribution in [0.3, 0.4) is 0 Å². The van der Waals surface area contributed by atoms with Crippen LogP contribution in [0.1, 0.15) is 29.5 Å². The first kappa shape index (κ1) is 10.3.